The summed E-state index contributed by atoms with van der Waals surface area (Å²) in [7, 11) is 0. The van der Waals surface area contributed by atoms with Gasteiger partial charge in [-0.2, -0.15) is 13.2 Å². The molecule has 96 valence electrons. The van der Waals surface area contributed by atoms with E-state index in [0.717, 1.165) is 25.7 Å². The lowest BCUT2D eigenvalue weighted by molar-refractivity contribution is -0.0328. The quantitative estimate of drug-likeness (QED) is 0.823. The summed E-state index contributed by atoms with van der Waals surface area (Å²) < 4.78 is 36.0. The molecule has 2 N–H and O–H groups in total. The molecule has 0 aromatic heterocycles. The maximum Gasteiger partial charge on any atom is 0.441 e. The van der Waals surface area contributed by atoms with E-state index in [1.165, 1.54) is 6.42 Å². The van der Waals surface area contributed by atoms with Gasteiger partial charge < -0.3 is 5.73 Å². The number of nitrogens with two attached hydrogens (primary N) is 1. The van der Waals surface area contributed by atoms with E-state index in [9.17, 15) is 13.2 Å². The molecular formula is C11H20F3NS. The van der Waals surface area contributed by atoms with Gasteiger partial charge in [0.15, 0.2) is 0 Å². The van der Waals surface area contributed by atoms with Crippen molar-refractivity contribution in [1.82, 2.24) is 0 Å². The highest BCUT2D eigenvalue weighted by Crippen LogP contribution is 2.37. The van der Waals surface area contributed by atoms with Crippen molar-refractivity contribution in [3.8, 4) is 0 Å². The number of halogens is 3. The van der Waals surface area contributed by atoms with Crippen LogP contribution in [0.2, 0.25) is 0 Å². The molecule has 1 aliphatic carbocycles. The van der Waals surface area contributed by atoms with Crippen molar-refractivity contribution in [3.63, 3.8) is 0 Å². The Morgan fingerprint density at radius 1 is 1.44 bits per heavy atom. The second-order valence-corrected chi connectivity index (χ2v) is 5.94. The van der Waals surface area contributed by atoms with Gasteiger partial charge in [-0.1, -0.05) is 37.9 Å². The Hall–Kier alpha value is 0.100. The second-order valence-electron chi connectivity index (χ2n) is 4.78. The van der Waals surface area contributed by atoms with Gasteiger partial charge in [0.05, 0.1) is 0 Å². The molecule has 0 saturated heterocycles. The van der Waals surface area contributed by atoms with Gasteiger partial charge in [-0.05, 0) is 25.2 Å². The van der Waals surface area contributed by atoms with Crippen molar-refractivity contribution >= 4 is 11.8 Å². The van der Waals surface area contributed by atoms with E-state index in [2.05, 4.69) is 6.92 Å². The fraction of sp³-hybridized carbons (Fsp3) is 1.00. The number of hydrogen-bond donors (Lipinski definition) is 1. The molecule has 1 aliphatic rings. The summed E-state index contributed by atoms with van der Waals surface area (Å²) in [6, 6.07) is 0. The Labute approximate surface area is 99.3 Å². The molecule has 2 atom stereocenters. The molecule has 0 amide bonds. The first-order valence-electron chi connectivity index (χ1n) is 5.84. The molecule has 0 aromatic carbocycles. The van der Waals surface area contributed by atoms with E-state index < -0.39 is 5.51 Å². The van der Waals surface area contributed by atoms with E-state index in [0.29, 0.717) is 12.3 Å². The molecule has 0 heterocycles. The van der Waals surface area contributed by atoms with Gasteiger partial charge in [0.2, 0.25) is 0 Å². The first-order valence-corrected chi connectivity index (χ1v) is 6.83. The van der Waals surface area contributed by atoms with Crippen LogP contribution in [0.15, 0.2) is 0 Å². The molecule has 2 unspecified atom stereocenters. The average Bonchev–Trinajstić information content (AvgIpc) is 2.15. The Morgan fingerprint density at radius 2 is 2.12 bits per heavy atom. The van der Waals surface area contributed by atoms with E-state index in [1.54, 1.807) is 0 Å². The third-order valence-corrected chi connectivity index (χ3v) is 4.16. The number of thioether (sulfide) groups is 1. The molecule has 16 heavy (non-hydrogen) atoms. The average molecular weight is 255 g/mol. The minimum absolute atomic E-state index is 0.0546. The predicted molar refractivity (Wildman–Crippen MR) is 62.3 cm³/mol. The Bertz CT molecular complexity index is 220. The number of hydrogen-bond acceptors (Lipinski definition) is 2. The van der Waals surface area contributed by atoms with Crippen LogP contribution >= 0.6 is 11.8 Å². The van der Waals surface area contributed by atoms with Crippen molar-refractivity contribution < 1.29 is 13.2 Å². The van der Waals surface area contributed by atoms with Crippen molar-refractivity contribution in [2.45, 2.75) is 56.5 Å². The third-order valence-electron chi connectivity index (χ3n) is 3.43. The van der Waals surface area contributed by atoms with E-state index in [-0.39, 0.29) is 23.1 Å². The van der Waals surface area contributed by atoms with Gasteiger partial charge in [0, 0.05) is 11.3 Å². The smallest absolute Gasteiger partial charge is 0.325 e. The molecule has 0 aromatic rings. The van der Waals surface area contributed by atoms with E-state index in [1.807, 2.05) is 0 Å². The zero-order chi connectivity index (χ0) is 12.2. The van der Waals surface area contributed by atoms with Crippen molar-refractivity contribution in [2.24, 2.45) is 11.7 Å². The molecule has 0 radical (unpaired) electrons. The van der Waals surface area contributed by atoms with Crippen LogP contribution in [0.25, 0.3) is 0 Å². The van der Waals surface area contributed by atoms with Crippen LogP contribution in [-0.2, 0) is 0 Å². The van der Waals surface area contributed by atoms with Crippen LogP contribution < -0.4 is 5.73 Å². The van der Waals surface area contributed by atoms with Crippen LogP contribution in [0.4, 0.5) is 13.2 Å². The summed E-state index contributed by atoms with van der Waals surface area (Å²) in [6.07, 6.45) is 5.58. The topological polar surface area (TPSA) is 26.0 Å². The van der Waals surface area contributed by atoms with Gasteiger partial charge in [0.1, 0.15) is 0 Å². The van der Waals surface area contributed by atoms with Crippen molar-refractivity contribution in [3.05, 3.63) is 0 Å². The highest BCUT2D eigenvalue weighted by Gasteiger charge is 2.34. The first-order chi connectivity index (χ1) is 7.35. The SMILES string of the molecule is CCC1CCCC(N)(CCSC(F)(F)F)C1. The molecular weight excluding hydrogens is 235 g/mol. The summed E-state index contributed by atoms with van der Waals surface area (Å²) in [5, 5.41) is 0. The molecule has 1 rings (SSSR count). The molecule has 0 aliphatic heterocycles. The lowest BCUT2D eigenvalue weighted by Crippen LogP contribution is -2.44. The standard InChI is InChI=1S/C11H20F3NS/c1-2-9-4-3-5-10(15,8-9)6-7-16-11(12,13)14/h9H,2-8,15H2,1H3. The molecule has 5 heteroatoms. The van der Waals surface area contributed by atoms with Gasteiger partial charge in [-0.25, -0.2) is 0 Å². The highest BCUT2D eigenvalue weighted by molar-refractivity contribution is 8.00. The normalized spacial score (nSPS) is 31.7. The zero-order valence-corrected chi connectivity index (χ0v) is 10.5. The number of rotatable bonds is 4. The van der Waals surface area contributed by atoms with Crippen LogP contribution in [0.5, 0.6) is 0 Å². The molecule has 0 spiro atoms. The lowest BCUT2D eigenvalue weighted by Gasteiger charge is -2.38. The summed E-state index contributed by atoms with van der Waals surface area (Å²) in [6.45, 7) is 2.13. The molecule has 1 nitrogen and oxygen atoms in total. The molecule has 0 bridgehead atoms. The lowest BCUT2D eigenvalue weighted by atomic mass is 9.74. The van der Waals surface area contributed by atoms with Crippen molar-refractivity contribution in [1.29, 1.82) is 0 Å². The Balaban J connectivity index is 2.33. The van der Waals surface area contributed by atoms with Crippen LogP contribution in [0.3, 0.4) is 0 Å². The summed E-state index contributed by atoms with van der Waals surface area (Å²) >= 11 is 0.0546. The monoisotopic (exact) mass is 255 g/mol. The minimum atomic E-state index is -4.12. The maximum atomic E-state index is 12.0. The first kappa shape index (κ1) is 14.2. The second kappa shape index (κ2) is 5.63. The van der Waals surface area contributed by atoms with Crippen LogP contribution in [0.1, 0.15) is 45.4 Å². The highest BCUT2D eigenvalue weighted by atomic mass is 32.2. The summed E-state index contributed by atoms with van der Waals surface area (Å²) in [5.41, 5.74) is 1.71. The van der Waals surface area contributed by atoms with Gasteiger partial charge in [-0.15, -0.1) is 0 Å². The Kier molecular flexibility index (Phi) is 4.98. The summed E-state index contributed by atoms with van der Waals surface area (Å²) in [5.74, 6) is 0.700. The third kappa shape index (κ3) is 4.95. The van der Waals surface area contributed by atoms with Gasteiger partial charge in [0.25, 0.3) is 0 Å². The Morgan fingerprint density at radius 3 is 2.69 bits per heavy atom. The van der Waals surface area contributed by atoms with Crippen LogP contribution in [-0.4, -0.2) is 16.8 Å². The largest absolute Gasteiger partial charge is 0.441 e. The molecule has 1 saturated carbocycles. The minimum Gasteiger partial charge on any atom is -0.325 e. The van der Waals surface area contributed by atoms with Crippen LogP contribution in [0, 0.1) is 5.92 Å². The van der Waals surface area contributed by atoms with Gasteiger partial charge in [-0.3, -0.25) is 0 Å². The number of alkyl halides is 3. The fourth-order valence-corrected chi connectivity index (χ4v) is 3.21. The van der Waals surface area contributed by atoms with E-state index in [4.69, 9.17) is 5.73 Å². The maximum absolute atomic E-state index is 12.0. The van der Waals surface area contributed by atoms with E-state index >= 15 is 0 Å². The van der Waals surface area contributed by atoms with Gasteiger partial charge >= 0.3 is 5.51 Å². The summed E-state index contributed by atoms with van der Waals surface area (Å²) in [4.78, 5) is 0. The fourth-order valence-electron chi connectivity index (χ4n) is 2.47. The predicted octanol–water partition coefficient (Wildman–Crippen LogP) is 3.93. The van der Waals surface area contributed by atoms with Crippen molar-refractivity contribution in [2.75, 3.05) is 5.75 Å². The molecule has 1 fully saturated rings. The zero-order valence-electron chi connectivity index (χ0n) is 9.65.